The van der Waals surface area contributed by atoms with E-state index in [9.17, 15) is 5.11 Å². The lowest BCUT2D eigenvalue weighted by Crippen LogP contribution is -2.15. The van der Waals surface area contributed by atoms with Crippen LogP contribution in [0.3, 0.4) is 0 Å². The number of aromatic nitrogens is 1. The van der Waals surface area contributed by atoms with Gasteiger partial charge in [0.1, 0.15) is 0 Å². The number of H-pyrrole nitrogens is 1. The second kappa shape index (κ2) is 3.89. The van der Waals surface area contributed by atoms with E-state index in [0.29, 0.717) is 18.2 Å². The number of guanidine groups is 1. The van der Waals surface area contributed by atoms with E-state index in [1.165, 1.54) is 0 Å². The number of para-hydroxylation sites is 1. The fourth-order valence-electron chi connectivity index (χ4n) is 1.76. The van der Waals surface area contributed by atoms with Gasteiger partial charge in [0, 0.05) is 11.9 Å². The molecule has 86 valence electrons. The van der Waals surface area contributed by atoms with Crippen molar-refractivity contribution in [1.82, 2.24) is 10.3 Å². The molecule has 0 saturated carbocycles. The predicted octanol–water partition coefficient (Wildman–Crippen LogP) is 1.92. The maximum Gasteiger partial charge on any atom is 0.238 e. The molecule has 1 aromatic heterocycles. The molecule has 3 rings (SSSR count). The van der Waals surface area contributed by atoms with Crippen LogP contribution in [-0.2, 0) is 0 Å². The molecule has 0 saturated heterocycles. The Bertz CT molecular complexity index is 613. The molecule has 2 aromatic rings. The normalized spacial score (nSPS) is 15.4. The van der Waals surface area contributed by atoms with Crippen LogP contribution in [0, 0.1) is 0 Å². The van der Waals surface area contributed by atoms with E-state index < -0.39 is 0 Å². The number of benzene rings is 1. The Morgan fingerprint density at radius 2 is 2.12 bits per heavy atom. The molecule has 6 nitrogen and oxygen atoms in total. The number of nitrogens with zero attached hydrogens (tertiary/aromatic N) is 3. The number of rotatable bonds is 1. The summed E-state index contributed by atoms with van der Waals surface area (Å²) in [7, 11) is 0. The van der Waals surface area contributed by atoms with Gasteiger partial charge in [0.2, 0.25) is 11.8 Å². The summed E-state index contributed by atoms with van der Waals surface area (Å²) < 4.78 is 0. The average Bonchev–Trinajstić information content (AvgIpc) is 2.93. The van der Waals surface area contributed by atoms with Gasteiger partial charge < -0.3 is 15.4 Å². The third kappa shape index (κ3) is 1.73. The first kappa shape index (κ1) is 9.83. The van der Waals surface area contributed by atoms with Crippen molar-refractivity contribution in [1.29, 1.82) is 0 Å². The molecule has 6 heteroatoms. The second-order valence-corrected chi connectivity index (χ2v) is 3.70. The first-order valence-corrected chi connectivity index (χ1v) is 5.34. The van der Waals surface area contributed by atoms with Gasteiger partial charge in [-0.05, 0) is 6.07 Å². The maximum atomic E-state index is 9.74. The molecule has 2 heterocycles. The van der Waals surface area contributed by atoms with Crippen molar-refractivity contribution in [3.63, 3.8) is 0 Å². The zero-order valence-electron chi connectivity index (χ0n) is 9.01. The number of azo groups is 1. The van der Waals surface area contributed by atoms with E-state index in [-0.39, 0.29) is 5.88 Å². The van der Waals surface area contributed by atoms with Gasteiger partial charge in [-0.1, -0.05) is 18.2 Å². The molecule has 0 unspecified atom stereocenters. The van der Waals surface area contributed by atoms with Gasteiger partial charge in [-0.2, -0.15) is 0 Å². The molecular weight excluding hydrogens is 218 g/mol. The van der Waals surface area contributed by atoms with E-state index in [4.69, 9.17) is 0 Å². The van der Waals surface area contributed by atoms with Gasteiger partial charge in [-0.15, -0.1) is 10.2 Å². The van der Waals surface area contributed by atoms with Crippen LogP contribution in [0.2, 0.25) is 0 Å². The van der Waals surface area contributed by atoms with Gasteiger partial charge in [0.05, 0.1) is 12.1 Å². The van der Waals surface area contributed by atoms with E-state index in [2.05, 4.69) is 25.5 Å². The summed E-state index contributed by atoms with van der Waals surface area (Å²) in [5, 5.41) is 21.6. The Morgan fingerprint density at radius 3 is 2.94 bits per heavy atom. The minimum absolute atomic E-state index is 0.0218. The smallest absolute Gasteiger partial charge is 0.238 e. The Morgan fingerprint density at radius 1 is 1.24 bits per heavy atom. The van der Waals surface area contributed by atoms with Crippen molar-refractivity contribution < 1.29 is 5.11 Å². The minimum atomic E-state index is 0.0218. The Labute approximate surface area is 97.1 Å². The van der Waals surface area contributed by atoms with Crippen LogP contribution in [0.4, 0.5) is 5.69 Å². The number of aromatic amines is 1. The molecule has 1 aliphatic heterocycles. The number of aromatic hydroxyl groups is 1. The summed E-state index contributed by atoms with van der Waals surface area (Å²) in [6, 6.07) is 7.53. The number of nitrogens with one attached hydrogen (secondary N) is 2. The van der Waals surface area contributed by atoms with Gasteiger partial charge in [-0.3, -0.25) is 0 Å². The molecule has 0 atom stereocenters. The first-order chi connectivity index (χ1) is 8.34. The SMILES string of the molecule is Oc1[nH]c2ccccc2c1/N=N/C1=NCCN1. The van der Waals surface area contributed by atoms with Gasteiger partial charge in [-0.25, -0.2) is 4.99 Å². The highest BCUT2D eigenvalue weighted by Gasteiger charge is 2.10. The summed E-state index contributed by atoms with van der Waals surface area (Å²) in [5.41, 5.74) is 1.28. The summed E-state index contributed by atoms with van der Waals surface area (Å²) in [6.07, 6.45) is 0. The van der Waals surface area contributed by atoms with Crippen LogP contribution in [-0.4, -0.2) is 29.1 Å². The monoisotopic (exact) mass is 229 g/mol. The summed E-state index contributed by atoms with van der Waals surface area (Å²) in [5.74, 6) is 0.531. The van der Waals surface area contributed by atoms with Crippen LogP contribution in [0.15, 0.2) is 39.5 Å². The highest BCUT2D eigenvalue weighted by atomic mass is 16.3. The van der Waals surface area contributed by atoms with Crippen LogP contribution in [0.1, 0.15) is 0 Å². The standard InChI is InChI=1S/C11H11N5O/c17-10-9(15-16-11-12-5-6-13-11)7-3-1-2-4-8(7)14-10/h1-4,14,17H,5-6H2,(H,12,13)/b16-15+. The quantitative estimate of drug-likeness (QED) is 0.652. The van der Waals surface area contributed by atoms with Crippen LogP contribution >= 0.6 is 0 Å². The first-order valence-electron chi connectivity index (χ1n) is 5.34. The van der Waals surface area contributed by atoms with Crippen molar-refractivity contribution in [3.8, 4) is 5.88 Å². The van der Waals surface area contributed by atoms with Crippen LogP contribution in [0.25, 0.3) is 10.9 Å². The lowest BCUT2D eigenvalue weighted by molar-refractivity contribution is 0.459. The molecule has 0 fully saturated rings. The Balaban J connectivity index is 2.02. The number of hydrogen-bond donors (Lipinski definition) is 3. The zero-order valence-corrected chi connectivity index (χ0v) is 9.01. The fraction of sp³-hybridized carbons (Fsp3) is 0.182. The molecule has 0 amide bonds. The topological polar surface area (TPSA) is 85.1 Å². The summed E-state index contributed by atoms with van der Waals surface area (Å²) >= 11 is 0. The lowest BCUT2D eigenvalue weighted by atomic mass is 10.2. The molecule has 1 aromatic carbocycles. The summed E-state index contributed by atoms with van der Waals surface area (Å²) in [4.78, 5) is 6.94. The van der Waals surface area contributed by atoms with E-state index in [1.807, 2.05) is 24.3 Å². The zero-order chi connectivity index (χ0) is 11.7. The van der Waals surface area contributed by atoms with Crippen molar-refractivity contribution in [2.75, 3.05) is 13.1 Å². The molecule has 17 heavy (non-hydrogen) atoms. The number of fused-ring (bicyclic) bond motifs is 1. The molecule has 0 radical (unpaired) electrons. The molecule has 0 bridgehead atoms. The average molecular weight is 229 g/mol. The molecule has 0 aliphatic carbocycles. The van der Waals surface area contributed by atoms with Crippen molar-refractivity contribution in [2.24, 2.45) is 15.2 Å². The Hall–Kier alpha value is -2.37. The predicted molar refractivity (Wildman–Crippen MR) is 64.8 cm³/mol. The second-order valence-electron chi connectivity index (χ2n) is 3.70. The van der Waals surface area contributed by atoms with Crippen molar-refractivity contribution in [3.05, 3.63) is 24.3 Å². The minimum Gasteiger partial charge on any atom is -0.493 e. The molecular formula is C11H11N5O. The van der Waals surface area contributed by atoms with Crippen LogP contribution in [0.5, 0.6) is 5.88 Å². The van der Waals surface area contributed by atoms with Crippen molar-refractivity contribution >= 4 is 22.5 Å². The third-order valence-corrected chi connectivity index (χ3v) is 2.56. The van der Waals surface area contributed by atoms with Gasteiger partial charge in [0.15, 0.2) is 5.69 Å². The van der Waals surface area contributed by atoms with E-state index in [1.54, 1.807) is 0 Å². The highest BCUT2D eigenvalue weighted by molar-refractivity contribution is 5.94. The summed E-state index contributed by atoms with van der Waals surface area (Å²) in [6.45, 7) is 1.50. The molecule has 1 aliphatic rings. The molecule has 0 spiro atoms. The third-order valence-electron chi connectivity index (χ3n) is 2.56. The maximum absolute atomic E-state index is 9.74. The van der Waals surface area contributed by atoms with E-state index >= 15 is 0 Å². The highest BCUT2D eigenvalue weighted by Crippen LogP contribution is 2.35. The van der Waals surface area contributed by atoms with E-state index in [0.717, 1.165) is 17.4 Å². The largest absolute Gasteiger partial charge is 0.493 e. The number of aliphatic imine (C=N–C) groups is 1. The van der Waals surface area contributed by atoms with Crippen LogP contribution < -0.4 is 5.32 Å². The van der Waals surface area contributed by atoms with Gasteiger partial charge >= 0.3 is 0 Å². The lowest BCUT2D eigenvalue weighted by Gasteiger charge is -1.92. The fourth-order valence-corrected chi connectivity index (χ4v) is 1.76. The van der Waals surface area contributed by atoms with Gasteiger partial charge in [0.25, 0.3) is 0 Å². The van der Waals surface area contributed by atoms with Crippen molar-refractivity contribution in [2.45, 2.75) is 0 Å². The number of hydrogen-bond acceptors (Lipinski definition) is 5. The molecule has 3 N–H and O–H groups in total. The Kier molecular flexibility index (Phi) is 2.25.